The van der Waals surface area contributed by atoms with Gasteiger partial charge in [0.1, 0.15) is 12.1 Å². The normalized spacial score (nSPS) is 22.4. The Bertz CT molecular complexity index is 1160. The number of carbonyl (C=O) groups excluding carboxylic acids is 3. The van der Waals surface area contributed by atoms with Crippen molar-refractivity contribution in [3.63, 3.8) is 0 Å². The number of aliphatic hydroxyl groups excluding tert-OH is 1. The number of carboxylic acid groups (broad SMARTS) is 1. The zero-order chi connectivity index (χ0) is 27.9. The number of likely N-dealkylation sites (tertiary alicyclic amines) is 2. The lowest BCUT2D eigenvalue weighted by Gasteiger charge is -2.32. The molecule has 5 atom stereocenters. The lowest BCUT2D eigenvalue weighted by atomic mass is 10.0. The third kappa shape index (κ3) is 7.21. The minimum absolute atomic E-state index is 0.0339. The quantitative estimate of drug-likeness (QED) is 0.349. The molecule has 2 aromatic rings. The van der Waals surface area contributed by atoms with Crippen LogP contribution in [-0.2, 0) is 32.0 Å². The highest BCUT2D eigenvalue weighted by Gasteiger charge is 2.45. The van der Waals surface area contributed by atoms with Crippen LogP contribution in [0.4, 0.5) is 0 Å². The van der Waals surface area contributed by atoms with Crippen molar-refractivity contribution in [3.05, 3.63) is 71.8 Å². The summed E-state index contributed by atoms with van der Waals surface area (Å²) < 4.78 is 0. The van der Waals surface area contributed by atoms with E-state index in [-0.39, 0.29) is 25.3 Å². The molecular formula is C29H36N4O6. The van der Waals surface area contributed by atoms with E-state index in [1.807, 2.05) is 60.7 Å². The largest absolute Gasteiger partial charge is 0.481 e. The van der Waals surface area contributed by atoms with Gasteiger partial charge in [0.15, 0.2) is 0 Å². The number of amides is 3. The molecule has 208 valence electrons. The number of rotatable bonds is 10. The van der Waals surface area contributed by atoms with Gasteiger partial charge in [0, 0.05) is 25.6 Å². The van der Waals surface area contributed by atoms with Gasteiger partial charge in [0.25, 0.3) is 0 Å². The third-order valence-electron chi connectivity index (χ3n) is 7.39. The number of nitrogens with two attached hydrogens (primary N) is 1. The Morgan fingerprint density at radius 3 is 2.15 bits per heavy atom. The van der Waals surface area contributed by atoms with Crippen LogP contribution in [0.3, 0.4) is 0 Å². The van der Waals surface area contributed by atoms with Crippen LogP contribution < -0.4 is 11.1 Å². The number of aliphatic hydroxyl groups is 1. The molecule has 0 saturated carbocycles. The van der Waals surface area contributed by atoms with E-state index in [4.69, 9.17) is 5.73 Å². The minimum atomic E-state index is -1.05. The number of hydrogen-bond acceptors (Lipinski definition) is 6. The molecule has 0 spiro atoms. The first-order valence-corrected chi connectivity index (χ1v) is 13.4. The molecule has 4 rings (SSSR count). The van der Waals surface area contributed by atoms with Crippen molar-refractivity contribution in [2.24, 2.45) is 5.73 Å². The molecule has 0 aliphatic carbocycles. The Morgan fingerprint density at radius 2 is 1.54 bits per heavy atom. The van der Waals surface area contributed by atoms with Gasteiger partial charge in [0.2, 0.25) is 17.7 Å². The van der Waals surface area contributed by atoms with E-state index in [0.717, 1.165) is 11.1 Å². The van der Waals surface area contributed by atoms with Crippen molar-refractivity contribution in [3.8, 4) is 0 Å². The van der Waals surface area contributed by atoms with Crippen LogP contribution in [0, 0.1) is 0 Å². The summed E-state index contributed by atoms with van der Waals surface area (Å²) in [5.41, 5.74) is 8.03. The molecule has 10 heteroatoms. The second-order valence-corrected chi connectivity index (χ2v) is 10.4. The van der Waals surface area contributed by atoms with Crippen LogP contribution in [0.15, 0.2) is 60.7 Å². The zero-order valence-corrected chi connectivity index (χ0v) is 21.8. The molecule has 2 heterocycles. The molecule has 1 unspecified atom stereocenters. The van der Waals surface area contributed by atoms with Crippen molar-refractivity contribution in [2.45, 2.75) is 68.8 Å². The Balaban J connectivity index is 1.44. The Hall–Kier alpha value is -3.76. The standard InChI is InChI=1S/C29H36N4O6/c30-23(15-20-10-5-2-6-11-20)28(38)32-13-7-12-24(32)29(39)33-18-22(34)17-25(33)27(37)31-21(16-26(35)36)14-19-8-3-1-4-9-19/h1-6,8-11,21-25,34H,7,12-18,30H2,(H,31,37)(H,35,36)/t21-,22?,23-,24-,25-/m0/s1. The molecule has 2 aliphatic heterocycles. The predicted octanol–water partition coefficient (Wildman–Crippen LogP) is 0.711. The lowest BCUT2D eigenvalue weighted by molar-refractivity contribution is -0.147. The van der Waals surface area contributed by atoms with Gasteiger partial charge in [-0.05, 0) is 36.8 Å². The van der Waals surface area contributed by atoms with Gasteiger partial charge < -0.3 is 31.1 Å². The molecule has 2 aliphatic rings. The fraction of sp³-hybridized carbons (Fsp3) is 0.448. The van der Waals surface area contributed by atoms with Crippen LogP contribution in [0.2, 0.25) is 0 Å². The summed E-state index contributed by atoms with van der Waals surface area (Å²) in [6.07, 6.45) is 0.584. The third-order valence-corrected chi connectivity index (χ3v) is 7.39. The maximum absolute atomic E-state index is 13.7. The average molecular weight is 537 g/mol. The molecule has 2 aromatic carbocycles. The predicted molar refractivity (Wildman–Crippen MR) is 143 cm³/mol. The average Bonchev–Trinajstić information content (AvgIpc) is 3.56. The summed E-state index contributed by atoms with van der Waals surface area (Å²) in [6, 6.07) is 15.4. The van der Waals surface area contributed by atoms with E-state index in [1.165, 1.54) is 9.80 Å². The Labute approximate surface area is 227 Å². The van der Waals surface area contributed by atoms with Crippen LogP contribution in [0.25, 0.3) is 0 Å². The van der Waals surface area contributed by atoms with E-state index in [1.54, 1.807) is 0 Å². The molecule has 39 heavy (non-hydrogen) atoms. The number of β-amino-alcohol motifs (C(OH)–C–C–N with tert-alkyl or cyclic N) is 1. The summed E-state index contributed by atoms with van der Waals surface area (Å²) in [4.78, 5) is 54.5. The number of carboxylic acids is 1. The van der Waals surface area contributed by atoms with E-state index in [9.17, 15) is 29.4 Å². The number of nitrogens with zero attached hydrogens (tertiary/aromatic N) is 2. The molecule has 5 N–H and O–H groups in total. The number of aliphatic carboxylic acids is 1. The molecule has 3 amide bonds. The van der Waals surface area contributed by atoms with Crippen molar-refractivity contribution < 1.29 is 29.4 Å². The smallest absolute Gasteiger partial charge is 0.305 e. The maximum atomic E-state index is 13.7. The van der Waals surface area contributed by atoms with Crippen LogP contribution in [0.1, 0.15) is 36.8 Å². The minimum Gasteiger partial charge on any atom is -0.481 e. The van der Waals surface area contributed by atoms with Crippen LogP contribution in [-0.4, -0.2) is 87.1 Å². The maximum Gasteiger partial charge on any atom is 0.305 e. The van der Waals surface area contributed by atoms with Gasteiger partial charge in [-0.2, -0.15) is 0 Å². The Kier molecular flexibility index (Phi) is 9.32. The monoisotopic (exact) mass is 536 g/mol. The first kappa shape index (κ1) is 28.3. The van der Waals surface area contributed by atoms with E-state index >= 15 is 0 Å². The first-order valence-electron chi connectivity index (χ1n) is 13.4. The fourth-order valence-corrected chi connectivity index (χ4v) is 5.53. The van der Waals surface area contributed by atoms with Crippen molar-refractivity contribution >= 4 is 23.7 Å². The van der Waals surface area contributed by atoms with Gasteiger partial charge in [-0.15, -0.1) is 0 Å². The van der Waals surface area contributed by atoms with E-state index in [2.05, 4.69) is 5.32 Å². The van der Waals surface area contributed by atoms with Gasteiger partial charge in [-0.25, -0.2) is 0 Å². The van der Waals surface area contributed by atoms with Gasteiger partial charge in [0.05, 0.1) is 18.6 Å². The van der Waals surface area contributed by atoms with E-state index in [0.29, 0.717) is 32.2 Å². The van der Waals surface area contributed by atoms with Gasteiger partial charge in [-0.3, -0.25) is 19.2 Å². The molecule has 2 fully saturated rings. The molecule has 0 bridgehead atoms. The second-order valence-electron chi connectivity index (χ2n) is 10.4. The Morgan fingerprint density at radius 1 is 0.923 bits per heavy atom. The molecule has 0 radical (unpaired) electrons. The van der Waals surface area contributed by atoms with E-state index < -0.39 is 48.1 Å². The van der Waals surface area contributed by atoms with Gasteiger partial charge >= 0.3 is 5.97 Å². The number of carbonyl (C=O) groups is 4. The zero-order valence-electron chi connectivity index (χ0n) is 21.8. The summed E-state index contributed by atoms with van der Waals surface area (Å²) in [5.74, 6) is -2.29. The summed E-state index contributed by atoms with van der Waals surface area (Å²) in [6.45, 7) is 0.358. The first-order chi connectivity index (χ1) is 18.7. The lowest BCUT2D eigenvalue weighted by Crippen LogP contribution is -2.56. The topological polar surface area (TPSA) is 153 Å². The van der Waals surface area contributed by atoms with Crippen LogP contribution >= 0.6 is 0 Å². The highest BCUT2D eigenvalue weighted by atomic mass is 16.4. The molecule has 2 saturated heterocycles. The second kappa shape index (κ2) is 12.9. The van der Waals surface area contributed by atoms with Gasteiger partial charge in [-0.1, -0.05) is 60.7 Å². The molecule has 10 nitrogen and oxygen atoms in total. The highest BCUT2D eigenvalue weighted by molar-refractivity contribution is 5.94. The van der Waals surface area contributed by atoms with Crippen molar-refractivity contribution in [1.82, 2.24) is 15.1 Å². The SMILES string of the molecule is N[C@@H](Cc1ccccc1)C(=O)N1CCC[C@H]1C(=O)N1CC(O)C[C@H]1C(=O)N[C@H](CC(=O)O)Cc1ccccc1. The summed E-state index contributed by atoms with van der Waals surface area (Å²) in [5, 5.41) is 22.6. The number of nitrogens with one attached hydrogen (secondary N) is 1. The highest BCUT2D eigenvalue weighted by Crippen LogP contribution is 2.26. The molecule has 0 aromatic heterocycles. The van der Waals surface area contributed by atoms with Crippen molar-refractivity contribution in [2.75, 3.05) is 13.1 Å². The van der Waals surface area contributed by atoms with Crippen molar-refractivity contribution in [1.29, 1.82) is 0 Å². The summed E-state index contributed by atoms with van der Waals surface area (Å²) in [7, 11) is 0. The fourth-order valence-electron chi connectivity index (χ4n) is 5.53. The number of benzene rings is 2. The number of hydrogen-bond donors (Lipinski definition) is 4. The van der Waals surface area contributed by atoms with Crippen LogP contribution in [0.5, 0.6) is 0 Å². The molecular weight excluding hydrogens is 500 g/mol. The summed E-state index contributed by atoms with van der Waals surface area (Å²) >= 11 is 0.